The zero-order valence-corrected chi connectivity index (χ0v) is 19.3. The van der Waals surface area contributed by atoms with E-state index in [4.69, 9.17) is 0 Å². The summed E-state index contributed by atoms with van der Waals surface area (Å²) < 4.78 is 0. The molecule has 1 heterocycles. The van der Waals surface area contributed by atoms with E-state index in [0.717, 1.165) is 17.7 Å². The lowest BCUT2D eigenvalue weighted by Gasteiger charge is -2.43. The monoisotopic (exact) mass is 457 g/mol. The molecule has 7 heteroatoms. The summed E-state index contributed by atoms with van der Waals surface area (Å²) in [4.78, 5) is 41.2. The fourth-order valence-corrected chi connectivity index (χ4v) is 4.66. The van der Waals surface area contributed by atoms with E-state index in [1.54, 1.807) is 11.0 Å². The van der Waals surface area contributed by atoms with E-state index in [1.807, 2.05) is 73.3 Å². The normalized spacial score (nSPS) is 17.1. The fourth-order valence-electron chi connectivity index (χ4n) is 4.66. The first-order valence-electron chi connectivity index (χ1n) is 11.5. The lowest BCUT2D eigenvalue weighted by molar-refractivity contribution is -0.384. The van der Waals surface area contributed by atoms with Crippen molar-refractivity contribution in [3.8, 4) is 0 Å². The summed E-state index contributed by atoms with van der Waals surface area (Å²) in [5.41, 5.74) is 2.49. The number of anilines is 2. The van der Waals surface area contributed by atoms with Crippen LogP contribution in [0.4, 0.5) is 17.1 Å². The number of nitro benzene ring substituents is 1. The number of hydrogen-bond donors (Lipinski definition) is 0. The van der Waals surface area contributed by atoms with Gasteiger partial charge in [0.15, 0.2) is 0 Å². The molecule has 0 N–H and O–H groups in total. The van der Waals surface area contributed by atoms with E-state index in [-0.39, 0.29) is 35.1 Å². The molecule has 3 aromatic rings. The van der Waals surface area contributed by atoms with Crippen LogP contribution in [0.5, 0.6) is 0 Å². The zero-order chi connectivity index (χ0) is 24.2. The first kappa shape index (κ1) is 23.2. The smallest absolute Gasteiger partial charge is 0.270 e. The van der Waals surface area contributed by atoms with Gasteiger partial charge in [0.2, 0.25) is 5.91 Å². The number of non-ortho nitro benzene ring substituents is 1. The molecule has 2 unspecified atom stereocenters. The van der Waals surface area contributed by atoms with E-state index >= 15 is 0 Å². The zero-order valence-electron chi connectivity index (χ0n) is 19.3. The van der Waals surface area contributed by atoms with Crippen LogP contribution in [0.25, 0.3) is 0 Å². The van der Waals surface area contributed by atoms with Gasteiger partial charge >= 0.3 is 0 Å². The molecule has 0 spiro atoms. The molecule has 0 saturated heterocycles. The van der Waals surface area contributed by atoms with Gasteiger partial charge in [-0.1, -0.05) is 49.4 Å². The molecule has 4 rings (SSSR count). The highest BCUT2D eigenvalue weighted by atomic mass is 16.6. The molecule has 0 bridgehead atoms. The predicted octanol–water partition coefficient (Wildman–Crippen LogP) is 5.91. The standard InChI is InChI=1S/C27H27N3O4/c1-3-10-26(31)28-19(2)17-25(23-15-7-8-16-24(23)28)29(21-12-5-4-6-13-21)27(32)20-11-9-14-22(18-20)30(33)34/h4-9,11-16,18-19,25H,3,10,17H2,1-2H3. The van der Waals surface area contributed by atoms with Crippen molar-refractivity contribution in [3.05, 3.63) is 100 Å². The molecule has 0 radical (unpaired) electrons. The van der Waals surface area contributed by atoms with Gasteiger partial charge in [-0.2, -0.15) is 0 Å². The van der Waals surface area contributed by atoms with Gasteiger partial charge in [-0.25, -0.2) is 0 Å². The highest BCUT2D eigenvalue weighted by molar-refractivity contribution is 6.07. The number of fused-ring (bicyclic) bond motifs is 1. The van der Waals surface area contributed by atoms with Crippen molar-refractivity contribution < 1.29 is 14.5 Å². The predicted molar refractivity (Wildman–Crippen MR) is 132 cm³/mol. The summed E-state index contributed by atoms with van der Waals surface area (Å²) in [7, 11) is 0. The summed E-state index contributed by atoms with van der Waals surface area (Å²) in [5, 5.41) is 11.3. The first-order chi connectivity index (χ1) is 16.4. The van der Waals surface area contributed by atoms with Crippen molar-refractivity contribution in [2.45, 2.75) is 45.2 Å². The van der Waals surface area contributed by atoms with E-state index in [2.05, 4.69) is 0 Å². The van der Waals surface area contributed by atoms with Crippen LogP contribution in [0.3, 0.4) is 0 Å². The Morgan fingerprint density at radius 2 is 1.74 bits per heavy atom. The summed E-state index contributed by atoms with van der Waals surface area (Å²) in [6.07, 6.45) is 1.76. The summed E-state index contributed by atoms with van der Waals surface area (Å²) >= 11 is 0. The molecule has 0 aromatic heterocycles. The largest absolute Gasteiger partial charge is 0.309 e. The lowest BCUT2D eigenvalue weighted by atomic mass is 9.89. The van der Waals surface area contributed by atoms with Crippen LogP contribution in [-0.4, -0.2) is 22.8 Å². The molecule has 7 nitrogen and oxygen atoms in total. The van der Waals surface area contributed by atoms with Crippen LogP contribution in [0, 0.1) is 10.1 Å². The maximum absolute atomic E-state index is 13.9. The van der Waals surface area contributed by atoms with E-state index in [0.29, 0.717) is 18.5 Å². The van der Waals surface area contributed by atoms with Crippen LogP contribution in [-0.2, 0) is 4.79 Å². The second kappa shape index (κ2) is 9.87. The molecular formula is C27H27N3O4. The Bertz CT molecular complexity index is 1210. The average Bonchev–Trinajstić information content (AvgIpc) is 2.85. The second-order valence-electron chi connectivity index (χ2n) is 8.49. The van der Waals surface area contributed by atoms with Gasteiger partial charge in [-0.15, -0.1) is 0 Å². The number of nitrogens with zero attached hydrogens (tertiary/aromatic N) is 3. The molecule has 1 aliphatic rings. The number of carbonyl (C=O) groups excluding carboxylic acids is 2. The van der Waals surface area contributed by atoms with Gasteiger partial charge in [-0.3, -0.25) is 19.7 Å². The number of nitro groups is 1. The number of rotatable bonds is 6. The topological polar surface area (TPSA) is 83.8 Å². The number of hydrogen-bond acceptors (Lipinski definition) is 4. The van der Waals surface area contributed by atoms with E-state index in [1.165, 1.54) is 18.2 Å². The quantitative estimate of drug-likeness (QED) is 0.340. The molecule has 2 amide bonds. The van der Waals surface area contributed by atoms with Gasteiger partial charge in [0, 0.05) is 41.5 Å². The van der Waals surface area contributed by atoms with E-state index in [9.17, 15) is 19.7 Å². The molecule has 0 saturated carbocycles. The van der Waals surface area contributed by atoms with Crippen LogP contribution in [0.15, 0.2) is 78.9 Å². The summed E-state index contributed by atoms with van der Waals surface area (Å²) in [6, 6.07) is 22.3. The van der Waals surface area contributed by atoms with Crippen molar-refractivity contribution in [1.29, 1.82) is 0 Å². The Labute approximate surface area is 198 Å². The first-order valence-corrected chi connectivity index (χ1v) is 11.5. The lowest BCUT2D eigenvalue weighted by Crippen LogP contribution is -2.47. The highest BCUT2D eigenvalue weighted by Gasteiger charge is 2.38. The van der Waals surface area contributed by atoms with Crippen LogP contribution in [0.2, 0.25) is 0 Å². The van der Waals surface area contributed by atoms with Crippen LogP contribution < -0.4 is 9.80 Å². The molecule has 0 fully saturated rings. The molecule has 34 heavy (non-hydrogen) atoms. The fraction of sp³-hybridized carbons (Fsp3) is 0.259. The molecule has 1 aliphatic heterocycles. The Kier molecular flexibility index (Phi) is 6.72. The van der Waals surface area contributed by atoms with Gasteiger partial charge in [0.1, 0.15) is 0 Å². The van der Waals surface area contributed by atoms with Crippen LogP contribution >= 0.6 is 0 Å². The van der Waals surface area contributed by atoms with Crippen molar-refractivity contribution in [2.24, 2.45) is 0 Å². The Morgan fingerprint density at radius 3 is 2.44 bits per heavy atom. The van der Waals surface area contributed by atoms with Gasteiger partial charge in [0.25, 0.3) is 11.6 Å². The minimum atomic E-state index is -0.501. The minimum absolute atomic E-state index is 0.0668. The maximum Gasteiger partial charge on any atom is 0.270 e. The molecular weight excluding hydrogens is 430 g/mol. The second-order valence-corrected chi connectivity index (χ2v) is 8.49. The maximum atomic E-state index is 13.9. The van der Waals surface area contributed by atoms with Crippen molar-refractivity contribution in [1.82, 2.24) is 0 Å². The number of benzene rings is 3. The SMILES string of the molecule is CCCC(=O)N1c2ccccc2C(N(C(=O)c2cccc([N+](=O)[O-])c2)c2ccccc2)CC1C. The number of para-hydroxylation sites is 2. The molecule has 3 aromatic carbocycles. The third kappa shape index (κ3) is 4.41. The average molecular weight is 458 g/mol. The third-order valence-corrected chi connectivity index (χ3v) is 6.16. The number of carbonyl (C=O) groups is 2. The molecule has 174 valence electrons. The summed E-state index contributed by atoms with van der Waals surface area (Å²) in [5.74, 6) is -0.257. The van der Waals surface area contributed by atoms with Crippen molar-refractivity contribution in [2.75, 3.05) is 9.80 Å². The Balaban J connectivity index is 1.83. The molecule has 2 atom stereocenters. The Morgan fingerprint density at radius 1 is 1.03 bits per heavy atom. The van der Waals surface area contributed by atoms with E-state index < -0.39 is 4.92 Å². The minimum Gasteiger partial charge on any atom is -0.309 e. The van der Waals surface area contributed by atoms with Crippen molar-refractivity contribution in [3.63, 3.8) is 0 Å². The Hall–Kier alpha value is -4.00. The van der Waals surface area contributed by atoms with Crippen molar-refractivity contribution >= 4 is 28.9 Å². The van der Waals surface area contributed by atoms with Gasteiger partial charge in [-0.05, 0) is 49.6 Å². The highest BCUT2D eigenvalue weighted by Crippen LogP contribution is 2.43. The number of amides is 2. The third-order valence-electron chi connectivity index (χ3n) is 6.16. The van der Waals surface area contributed by atoms with Crippen LogP contribution in [0.1, 0.15) is 55.1 Å². The molecule has 0 aliphatic carbocycles. The summed E-state index contributed by atoms with van der Waals surface area (Å²) in [6.45, 7) is 3.98. The van der Waals surface area contributed by atoms with Gasteiger partial charge < -0.3 is 9.80 Å². The van der Waals surface area contributed by atoms with Gasteiger partial charge in [0.05, 0.1) is 11.0 Å².